The number of aromatic nitrogens is 2. The monoisotopic (exact) mass is 693 g/mol. The van der Waals surface area contributed by atoms with E-state index in [9.17, 15) is 9.90 Å². The van der Waals surface area contributed by atoms with E-state index >= 15 is 4.39 Å². The molecule has 2 aliphatic rings. The lowest BCUT2D eigenvalue weighted by Gasteiger charge is -2.41. The van der Waals surface area contributed by atoms with Crippen molar-refractivity contribution in [2.45, 2.75) is 63.4 Å². The predicted molar refractivity (Wildman–Crippen MR) is 185 cm³/mol. The summed E-state index contributed by atoms with van der Waals surface area (Å²) in [7, 11) is 3.07. The quantitative estimate of drug-likeness (QED) is 0.136. The van der Waals surface area contributed by atoms with E-state index < -0.39 is 11.4 Å². The van der Waals surface area contributed by atoms with Gasteiger partial charge in [-0.3, -0.25) is 9.78 Å². The SMILES string of the molecule is COc1cc(-c2nccc(-c3cccc(-c4ccc(CNC[C@@H]5CCC(=O)N5)c(OC)n4)c3Cl)c2Cl)cc(F)c1CN[C@H]1C[C@@](C)(O)C1. The van der Waals surface area contributed by atoms with E-state index in [0.29, 0.717) is 93.2 Å². The van der Waals surface area contributed by atoms with E-state index in [1.54, 1.807) is 32.4 Å². The van der Waals surface area contributed by atoms with Crippen molar-refractivity contribution in [1.82, 2.24) is 25.9 Å². The minimum Gasteiger partial charge on any atom is -0.496 e. The van der Waals surface area contributed by atoms with E-state index in [0.717, 1.165) is 12.0 Å². The topological polar surface area (TPSA) is 118 Å². The maximum Gasteiger partial charge on any atom is 0.220 e. The summed E-state index contributed by atoms with van der Waals surface area (Å²) in [6, 6.07) is 14.6. The number of hydrogen-bond acceptors (Lipinski definition) is 8. The largest absolute Gasteiger partial charge is 0.496 e. The molecule has 252 valence electrons. The number of aliphatic hydroxyl groups is 1. The Hall–Kier alpha value is -3.80. The Morgan fingerprint density at radius 2 is 1.81 bits per heavy atom. The molecule has 2 aromatic heterocycles. The molecule has 2 aromatic carbocycles. The highest BCUT2D eigenvalue weighted by Gasteiger charge is 2.38. The number of carbonyl (C=O) groups excluding carboxylic acids is 1. The van der Waals surface area contributed by atoms with Gasteiger partial charge < -0.3 is 30.5 Å². The zero-order chi connectivity index (χ0) is 34.0. The molecule has 0 radical (unpaired) electrons. The van der Waals surface area contributed by atoms with Crippen molar-refractivity contribution < 1.29 is 23.8 Å². The van der Waals surface area contributed by atoms with Gasteiger partial charge in [-0.2, -0.15) is 0 Å². The van der Waals surface area contributed by atoms with E-state index in [1.807, 2.05) is 30.3 Å². The molecule has 0 spiro atoms. The van der Waals surface area contributed by atoms with Crippen LogP contribution in [0, 0.1) is 5.82 Å². The summed E-state index contributed by atoms with van der Waals surface area (Å²) in [6.07, 6.45) is 4.21. The van der Waals surface area contributed by atoms with Crippen LogP contribution in [0.1, 0.15) is 43.7 Å². The van der Waals surface area contributed by atoms with E-state index in [2.05, 4.69) is 20.9 Å². The molecule has 0 unspecified atom stereocenters. The van der Waals surface area contributed by atoms with Crippen LogP contribution in [0.15, 0.2) is 54.7 Å². The number of hydrogen-bond donors (Lipinski definition) is 4. The summed E-state index contributed by atoms with van der Waals surface area (Å²) in [4.78, 5) is 20.7. The number of methoxy groups -OCH3 is 2. The lowest BCUT2D eigenvalue weighted by atomic mass is 9.77. The molecule has 1 aliphatic heterocycles. The predicted octanol–water partition coefficient (Wildman–Crippen LogP) is 6.31. The van der Waals surface area contributed by atoms with E-state index in [-0.39, 0.29) is 24.5 Å². The Bertz CT molecular complexity index is 1830. The molecule has 6 rings (SSSR count). The van der Waals surface area contributed by atoms with Gasteiger partial charge in [0, 0.05) is 77.7 Å². The molecule has 1 aliphatic carbocycles. The molecule has 12 heteroatoms. The van der Waals surface area contributed by atoms with Gasteiger partial charge in [-0.15, -0.1) is 0 Å². The summed E-state index contributed by atoms with van der Waals surface area (Å²) in [5, 5.41) is 20.4. The summed E-state index contributed by atoms with van der Waals surface area (Å²) < 4.78 is 26.7. The summed E-state index contributed by atoms with van der Waals surface area (Å²) in [5.41, 5.74) is 4.04. The smallest absolute Gasteiger partial charge is 0.220 e. The van der Waals surface area contributed by atoms with Crippen molar-refractivity contribution in [3.8, 4) is 45.3 Å². The Morgan fingerprint density at radius 3 is 2.52 bits per heavy atom. The van der Waals surface area contributed by atoms with Crippen LogP contribution in [-0.4, -0.2) is 59.4 Å². The van der Waals surface area contributed by atoms with Crippen LogP contribution in [0.5, 0.6) is 11.6 Å². The van der Waals surface area contributed by atoms with E-state index in [4.69, 9.17) is 37.7 Å². The average molecular weight is 695 g/mol. The van der Waals surface area contributed by atoms with Crippen molar-refractivity contribution in [1.29, 1.82) is 0 Å². The molecule has 48 heavy (non-hydrogen) atoms. The molecular weight excluding hydrogens is 656 g/mol. The lowest BCUT2D eigenvalue weighted by molar-refractivity contribution is -0.119. The molecule has 9 nitrogen and oxygen atoms in total. The van der Waals surface area contributed by atoms with Gasteiger partial charge >= 0.3 is 0 Å². The Kier molecular flexibility index (Phi) is 10.2. The second kappa shape index (κ2) is 14.4. The molecule has 0 bridgehead atoms. The van der Waals surface area contributed by atoms with Gasteiger partial charge in [0.25, 0.3) is 0 Å². The number of carbonyl (C=O) groups is 1. The van der Waals surface area contributed by atoms with Gasteiger partial charge in [-0.05, 0) is 50.5 Å². The van der Waals surface area contributed by atoms with Gasteiger partial charge in [-0.1, -0.05) is 47.5 Å². The van der Waals surface area contributed by atoms with Crippen molar-refractivity contribution >= 4 is 29.1 Å². The van der Waals surface area contributed by atoms with Gasteiger partial charge in [0.2, 0.25) is 11.8 Å². The summed E-state index contributed by atoms with van der Waals surface area (Å²) >= 11 is 14.0. The minimum absolute atomic E-state index is 0.0852. The zero-order valence-corrected chi connectivity index (χ0v) is 28.5. The standard InChI is InChI=1S/C36H38Cl2FN5O4/c1-36(46)15-23(16-36)42-19-27-28(39)13-21(14-30(27)47-2)34-33(38)25(11-12-41-34)24-5-4-6-26(32(24)37)29-9-7-20(35(44-29)48-3)17-40-18-22-8-10-31(45)43-22/h4-7,9,11-14,22-23,40,42,46H,8,10,15-19H2,1-3H3,(H,43,45)/t22-,23-,36+/m0/s1. The highest BCUT2D eigenvalue weighted by Crippen LogP contribution is 2.42. The number of benzene rings is 2. The second-order valence-corrected chi connectivity index (χ2v) is 13.4. The molecule has 3 heterocycles. The molecule has 4 N–H and O–H groups in total. The summed E-state index contributed by atoms with van der Waals surface area (Å²) in [6.45, 7) is 3.24. The van der Waals surface area contributed by atoms with Crippen molar-refractivity contribution in [3.05, 3.63) is 81.7 Å². The molecular formula is C36H38Cl2FN5O4. The van der Waals surface area contributed by atoms with Crippen LogP contribution in [0.25, 0.3) is 33.6 Å². The van der Waals surface area contributed by atoms with Gasteiger partial charge in [0.05, 0.1) is 41.3 Å². The van der Waals surface area contributed by atoms with Crippen molar-refractivity contribution in [2.75, 3.05) is 20.8 Å². The van der Waals surface area contributed by atoms with Gasteiger partial charge in [0.1, 0.15) is 11.6 Å². The zero-order valence-electron chi connectivity index (χ0n) is 27.0. The van der Waals surface area contributed by atoms with Crippen molar-refractivity contribution in [3.63, 3.8) is 0 Å². The first kappa shape index (κ1) is 34.1. The Morgan fingerprint density at radius 1 is 1.04 bits per heavy atom. The third-order valence-electron chi connectivity index (χ3n) is 8.97. The second-order valence-electron chi connectivity index (χ2n) is 12.6. The molecule has 1 atom stereocenters. The number of pyridine rings is 2. The number of amides is 1. The van der Waals surface area contributed by atoms with Crippen LogP contribution in [0.4, 0.5) is 4.39 Å². The molecule has 4 aromatic rings. The first-order chi connectivity index (χ1) is 23.1. The fourth-order valence-electron chi connectivity index (χ4n) is 6.43. The number of rotatable bonds is 12. The minimum atomic E-state index is -0.678. The maximum atomic E-state index is 15.5. The first-order valence-corrected chi connectivity index (χ1v) is 16.6. The Balaban J connectivity index is 1.24. The van der Waals surface area contributed by atoms with Crippen LogP contribution >= 0.6 is 23.2 Å². The molecule has 1 saturated heterocycles. The molecule has 1 saturated carbocycles. The number of nitrogens with one attached hydrogen (secondary N) is 3. The van der Waals surface area contributed by atoms with Crippen LogP contribution in [0.2, 0.25) is 10.0 Å². The highest BCUT2D eigenvalue weighted by molar-refractivity contribution is 6.39. The number of nitrogens with zero attached hydrogens (tertiary/aromatic N) is 2. The lowest BCUT2D eigenvalue weighted by Crippen LogP contribution is -2.51. The van der Waals surface area contributed by atoms with Gasteiger partial charge in [0.15, 0.2) is 0 Å². The van der Waals surface area contributed by atoms with Gasteiger partial charge in [-0.25, -0.2) is 9.37 Å². The highest BCUT2D eigenvalue weighted by atomic mass is 35.5. The van der Waals surface area contributed by atoms with Crippen LogP contribution < -0.4 is 25.4 Å². The Labute approximate surface area is 289 Å². The third-order valence-corrected chi connectivity index (χ3v) is 9.76. The van der Waals surface area contributed by atoms with E-state index in [1.165, 1.54) is 13.2 Å². The fourth-order valence-corrected chi connectivity index (χ4v) is 7.07. The summed E-state index contributed by atoms with van der Waals surface area (Å²) in [5.74, 6) is 0.475. The third kappa shape index (κ3) is 7.28. The molecule has 2 fully saturated rings. The number of ether oxygens (including phenoxy) is 2. The van der Waals surface area contributed by atoms with Crippen LogP contribution in [0.3, 0.4) is 0 Å². The number of halogens is 3. The fraction of sp³-hybridized carbons (Fsp3) is 0.361. The van der Waals surface area contributed by atoms with Crippen molar-refractivity contribution in [2.24, 2.45) is 0 Å². The first-order valence-electron chi connectivity index (χ1n) is 15.9. The van der Waals surface area contributed by atoms with Crippen LogP contribution in [-0.2, 0) is 17.9 Å². The normalized spacial score (nSPS) is 20.4. The average Bonchev–Trinajstić information content (AvgIpc) is 3.48. The molecule has 1 amide bonds. The maximum absolute atomic E-state index is 15.5.